The van der Waals surface area contributed by atoms with Crippen LogP contribution in [0.4, 0.5) is 0 Å². The molecule has 2 saturated heterocycles. The molecule has 0 aromatic heterocycles. The molecular weight excluding hydrogens is 253 g/mol. The smallest absolute Gasteiger partial charge is 0.0876 e. The Morgan fingerprint density at radius 2 is 2.45 bits per heavy atom. The average molecular weight is 265 g/mol. The Hall–Kier alpha value is 0.230. The van der Waals surface area contributed by atoms with E-state index in [4.69, 9.17) is 0 Å². The molecule has 62 valence electrons. The Bertz CT molecular complexity index is 204. The standard InChI is InChI=1S/C8H12INO/c9-5-7-4-8(11)2-1-3-10(7)6-8/h5,11H,1-4,6H2/b7-5+. The van der Waals surface area contributed by atoms with Crippen molar-refractivity contribution in [2.75, 3.05) is 13.1 Å². The van der Waals surface area contributed by atoms with Gasteiger partial charge in [0.15, 0.2) is 0 Å². The van der Waals surface area contributed by atoms with Crippen LogP contribution in [0.2, 0.25) is 0 Å². The van der Waals surface area contributed by atoms with E-state index >= 15 is 0 Å². The second kappa shape index (κ2) is 2.62. The SMILES string of the molecule is OC12CCCN(C1)/C(=C/I)C2. The van der Waals surface area contributed by atoms with Crippen LogP contribution in [0.25, 0.3) is 0 Å². The summed E-state index contributed by atoms with van der Waals surface area (Å²) in [5, 5.41) is 9.94. The second-order valence-corrected chi connectivity index (χ2v) is 4.15. The van der Waals surface area contributed by atoms with Crippen LogP contribution < -0.4 is 0 Å². The lowest BCUT2D eigenvalue weighted by Crippen LogP contribution is -2.38. The normalized spacial score (nSPS) is 40.2. The number of hydrogen-bond acceptors (Lipinski definition) is 2. The fraction of sp³-hybridized carbons (Fsp3) is 0.750. The van der Waals surface area contributed by atoms with Crippen LogP contribution >= 0.6 is 22.6 Å². The third-order valence-corrected chi connectivity index (χ3v) is 3.32. The van der Waals surface area contributed by atoms with Gasteiger partial charge in [0.2, 0.25) is 0 Å². The maximum Gasteiger partial charge on any atom is 0.0876 e. The monoisotopic (exact) mass is 265 g/mol. The lowest BCUT2D eigenvalue weighted by Gasteiger charge is -2.29. The molecule has 0 spiro atoms. The topological polar surface area (TPSA) is 23.5 Å². The first-order valence-corrected chi connectivity index (χ1v) is 5.25. The van der Waals surface area contributed by atoms with Gasteiger partial charge < -0.3 is 10.0 Å². The van der Waals surface area contributed by atoms with Gasteiger partial charge in [-0.15, -0.1) is 0 Å². The van der Waals surface area contributed by atoms with E-state index in [0.29, 0.717) is 0 Å². The summed E-state index contributed by atoms with van der Waals surface area (Å²) in [6.07, 6.45) is 3.00. The molecule has 2 bridgehead atoms. The fourth-order valence-electron chi connectivity index (χ4n) is 2.06. The largest absolute Gasteiger partial charge is 0.388 e. The predicted molar refractivity (Wildman–Crippen MR) is 52.5 cm³/mol. The van der Waals surface area contributed by atoms with Crippen molar-refractivity contribution in [3.8, 4) is 0 Å². The molecule has 0 amide bonds. The number of piperidine rings is 1. The van der Waals surface area contributed by atoms with Crippen molar-refractivity contribution in [1.82, 2.24) is 4.90 Å². The maximum absolute atomic E-state index is 9.94. The van der Waals surface area contributed by atoms with Crippen molar-refractivity contribution in [1.29, 1.82) is 0 Å². The summed E-state index contributed by atoms with van der Waals surface area (Å²) < 4.78 is 2.10. The number of hydrogen-bond donors (Lipinski definition) is 1. The van der Waals surface area contributed by atoms with Gasteiger partial charge in [-0.25, -0.2) is 0 Å². The van der Waals surface area contributed by atoms with Gasteiger partial charge in [0.1, 0.15) is 0 Å². The van der Waals surface area contributed by atoms with Crippen molar-refractivity contribution >= 4 is 22.6 Å². The molecule has 1 atom stereocenters. The fourth-order valence-corrected chi connectivity index (χ4v) is 2.67. The third-order valence-electron chi connectivity index (χ3n) is 2.60. The summed E-state index contributed by atoms with van der Waals surface area (Å²) in [6, 6.07) is 0. The summed E-state index contributed by atoms with van der Waals surface area (Å²) in [5.74, 6) is 0. The quantitative estimate of drug-likeness (QED) is 0.671. The first kappa shape index (κ1) is 7.86. The van der Waals surface area contributed by atoms with E-state index in [-0.39, 0.29) is 5.60 Å². The predicted octanol–water partition coefficient (Wildman–Crippen LogP) is 1.49. The Morgan fingerprint density at radius 1 is 1.64 bits per heavy atom. The Kier molecular flexibility index (Phi) is 1.87. The lowest BCUT2D eigenvalue weighted by molar-refractivity contribution is 0.0206. The zero-order valence-electron chi connectivity index (χ0n) is 6.39. The molecule has 1 unspecified atom stereocenters. The zero-order valence-corrected chi connectivity index (χ0v) is 8.54. The second-order valence-electron chi connectivity index (χ2n) is 3.53. The van der Waals surface area contributed by atoms with Crippen molar-refractivity contribution in [2.45, 2.75) is 24.9 Å². The molecule has 2 aliphatic rings. The van der Waals surface area contributed by atoms with Crippen LogP contribution in [-0.4, -0.2) is 28.7 Å². The number of fused-ring (bicyclic) bond motifs is 2. The third kappa shape index (κ3) is 1.28. The van der Waals surface area contributed by atoms with Crippen LogP contribution in [0, 0.1) is 0 Å². The Morgan fingerprint density at radius 3 is 3.09 bits per heavy atom. The van der Waals surface area contributed by atoms with E-state index in [2.05, 4.69) is 31.6 Å². The molecule has 2 heterocycles. The van der Waals surface area contributed by atoms with E-state index in [1.807, 2.05) is 0 Å². The lowest BCUT2D eigenvalue weighted by atomic mass is 9.95. The van der Waals surface area contributed by atoms with Gasteiger partial charge in [-0.1, -0.05) is 22.6 Å². The van der Waals surface area contributed by atoms with Crippen molar-refractivity contribution in [3.63, 3.8) is 0 Å². The van der Waals surface area contributed by atoms with Crippen LogP contribution in [0.3, 0.4) is 0 Å². The van der Waals surface area contributed by atoms with Gasteiger partial charge in [0.25, 0.3) is 0 Å². The molecule has 3 heteroatoms. The highest BCUT2D eigenvalue weighted by molar-refractivity contribution is 14.1. The molecule has 2 nitrogen and oxygen atoms in total. The minimum Gasteiger partial charge on any atom is -0.388 e. The summed E-state index contributed by atoms with van der Waals surface area (Å²) >= 11 is 2.26. The summed E-state index contributed by atoms with van der Waals surface area (Å²) in [5.41, 5.74) is 0.945. The van der Waals surface area contributed by atoms with Gasteiger partial charge in [-0.3, -0.25) is 0 Å². The number of nitrogens with zero attached hydrogens (tertiary/aromatic N) is 1. The molecule has 0 aromatic rings. The molecule has 2 aliphatic heterocycles. The first-order chi connectivity index (χ1) is 5.23. The summed E-state index contributed by atoms with van der Waals surface area (Å²) in [4.78, 5) is 2.30. The van der Waals surface area contributed by atoms with Crippen LogP contribution in [0.1, 0.15) is 19.3 Å². The molecule has 1 N–H and O–H groups in total. The van der Waals surface area contributed by atoms with E-state index in [1.165, 1.54) is 5.70 Å². The maximum atomic E-state index is 9.94. The number of aliphatic hydroxyl groups is 1. The van der Waals surface area contributed by atoms with Gasteiger partial charge >= 0.3 is 0 Å². The summed E-state index contributed by atoms with van der Waals surface area (Å²) in [6.45, 7) is 2.00. The minimum atomic E-state index is -0.380. The highest BCUT2D eigenvalue weighted by atomic mass is 127. The van der Waals surface area contributed by atoms with Crippen LogP contribution in [0.15, 0.2) is 9.78 Å². The summed E-state index contributed by atoms with van der Waals surface area (Å²) in [7, 11) is 0. The Balaban J connectivity index is 2.23. The van der Waals surface area contributed by atoms with E-state index in [0.717, 1.165) is 32.4 Å². The van der Waals surface area contributed by atoms with E-state index in [1.54, 1.807) is 0 Å². The van der Waals surface area contributed by atoms with Crippen LogP contribution in [0.5, 0.6) is 0 Å². The molecule has 2 rings (SSSR count). The van der Waals surface area contributed by atoms with Gasteiger partial charge in [0, 0.05) is 25.2 Å². The number of halogens is 1. The molecule has 0 radical (unpaired) electrons. The molecular formula is C8H12INO. The van der Waals surface area contributed by atoms with Crippen molar-refractivity contribution < 1.29 is 5.11 Å². The highest BCUT2D eigenvalue weighted by Crippen LogP contribution is 2.37. The van der Waals surface area contributed by atoms with Gasteiger partial charge in [-0.2, -0.15) is 0 Å². The molecule has 2 fully saturated rings. The minimum absolute atomic E-state index is 0.380. The number of rotatable bonds is 0. The molecule has 0 aliphatic carbocycles. The highest BCUT2D eigenvalue weighted by Gasteiger charge is 2.41. The zero-order chi connectivity index (χ0) is 7.90. The molecule has 0 aromatic carbocycles. The van der Waals surface area contributed by atoms with Crippen molar-refractivity contribution in [2.24, 2.45) is 0 Å². The Labute approximate surface area is 80.4 Å². The molecule has 11 heavy (non-hydrogen) atoms. The first-order valence-electron chi connectivity index (χ1n) is 4.00. The average Bonchev–Trinajstić information content (AvgIpc) is 2.21. The van der Waals surface area contributed by atoms with Crippen LogP contribution in [-0.2, 0) is 0 Å². The van der Waals surface area contributed by atoms with E-state index in [9.17, 15) is 5.11 Å². The van der Waals surface area contributed by atoms with Crippen molar-refractivity contribution in [3.05, 3.63) is 9.78 Å². The van der Waals surface area contributed by atoms with E-state index < -0.39 is 0 Å². The van der Waals surface area contributed by atoms with Gasteiger partial charge in [0.05, 0.1) is 5.60 Å². The van der Waals surface area contributed by atoms with Gasteiger partial charge in [-0.05, 0) is 16.9 Å². The molecule has 0 saturated carbocycles.